The van der Waals surface area contributed by atoms with Gasteiger partial charge in [0.1, 0.15) is 17.5 Å². The van der Waals surface area contributed by atoms with Crippen LogP contribution >= 0.6 is 11.3 Å². The van der Waals surface area contributed by atoms with Crippen molar-refractivity contribution in [1.82, 2.24) is 15.0 Å². The van der Waals surface area contributed by atoms with E-state index in [1.54, 1.807) is 11.3 Å². The summed E-state index contributed by atoms with van der Waals surface area (Å²) in [5.74, 6) is 2.45. The number of aromatic nitrogens is 3. The van der Waals surface area contributed by atoms with Crippen LogP contribution in [0.5, 0.6) is 0 Å². The standard InChI is InChI=1S/C12H17N5S/c1-4-13-11-5-12(17-8(2)16-11)15-7-10-6-14-9(3)18-10/h5-6H,4,7H2,1-3H3,(H2,13,15,16,17). The third-order valence-electron chi connectivity index (χ3n) is 2.31. The molecule has 0 aliphatic rings. The fourth-order valence-electron chi connectivity index (χ4n) is 1.59. The van der Waals surface area contributed by atoms with E-state index in [0.717, 1.165) is 35.6 Å². The van der Waals surface area contributed by atoms with Crippen LogP contribution in [0.1, 0.15) is 22.6 Å². The van der Waals surface area contributed by atoms with Crippen molar-refractivity contribution in [3.8, 4) is 0 Å². The van der Waals surface area contributed by atoms with E-state index >= 15 is 0 Å². The number of aryl methyl sites for hydroxylation is 2. The van der Waals surface area contributed by atoms with Gasteiger partial charge in [-0.3, -0.25) is 0 Å². The molecule has 0 unspecified atom stereocenters. The number of nitrogens with one attached hydrogen (secondary N) is 2. The van der Waals surface area contributed by atoms with Crippen molar-refractivity contribution >= 4 is 23.0 Å². The average Bonchev–Trinajstić information content (AvgIpc) is 2.72. The van der Waals surface area contributed by atoms with E-state index in [0.29, 0.717) is 0 Å². The summed E-state index contributed by atoms with van der Waals surface area (Å²) in [4.78, 5) is 14.1. The van der Waals surface area contributed by atoms with E-state index in [9.17, 15) is 0 Å². The van der Waals surface area contributed by atoms with Crippen molar-refractivity contribution in [3.05, 3.63) is 28.0 Å². The maximum atomic E-state index is 4.36. The molecule has 0 spiro atoms. The zero-order valence-corrected chi connectivity index (χ0v) is 11.6. The summed E-state index contributed by atoms with van der Waals surface area (Å²) in [6, 6.07) is 1.92. The SMILES string of the molecule is CCNc1cc(NCc2cnc(C)s2)nc(C)n1. The Balaban J connectivity index is 2.04. The number of anilines is 2. The molecule has 0 saturated carbocycles. The van der Waals surface area contributed by atoms with E-state index in [4.69, 9.17) is 0 Å². The normalized spacial score (nSPS) is 10.4. The lowest BCUT2D eigenvalue weighted by Crippen LogP contribution is -2.06. The van der Waals surface area contributed by atoms with Crippen LogP contribution in [0.4, 0.5) is 11.6 Å². The molecular formula is C12H17N5S. The predicted molar refractivity (Wildman–Crippen MR) is 75.1 cm³/mol. The van der Waals surface area contributed by atoms with Crippen LogP contribution in [-0.2, 0) is 6.54 Å². The quantitative estimate of drug-likeness (QED) is 0.868. The molecule has 2 heterocycles. The van der Waals surface area contributed by atoms with Crippen LogP contribution in [-0.4, -0.2) is 21.5 Å². The highest BCUT2D eigenvalue weighted by molar-refractivity contribution is 7.11. The van der Waals surface area contributed by atoms with Gasteiger partial charge >= 0.3 is 0 Å². The predicted octanol–water partition coefficient (Wildman–Crippen LogP) is 2.59. The first-order chi connectivity index (χ1) is 8.67. The zero-order valence-electron chi connectivity index (χ0n) is 10.8. The van der Waals surface area contributed by atoms with E-state index in [2.05, 4.69) is 25.6 Å². The molecule has 18 heavy (non-hydrogen) atoms. The number of thiazole rings is 1. The zero-order chi connectivity index (χ0) is 13.0. The molecule has 0 aliphatic heterocycles. The fraction of sp³-hybridized carbons (Fsp3) is 0.417. The van der Waals surface area contributed by atoms with E-state index in [1.807, 2.05) is 33.0 Å². The van der Waals surface area contributed by atoms with Crippen LogP contribution < -0.4 is 10.6 Å². The van der Waals surface area contributed by atoms with E-state index in [1.165, 1.54) is 4.88 Å². The van der Waals surface area contributed by atoms with Crippen molar-refractivity contribution in [2.24, 2.45) is 0 Å². The van der Waals surface area contributed by atoms with Crippen molar-refractivity contribution in [2.45, 2.75) is 27.3 Å². The summed E-state index contributed by atoms with van der Waals surface area (Å²) >= 11 is 1.69. The number of hydrogen-bond donors (Lipinski definition) is 2. The monoisotopic (exact) mass is 263 g/mol. The summed E-state index contributed by atoms with van der Waals surface area (Å²) in [6.07, 6.45) is 1.90. The van der Waals surface area contributed by atoms with Gasteiger partial charge in [-0.15, -0.1) is 11.3 Å². The number of rotatable bonds is 5. The molecule has 0 bridgehead atoms. The molecule has 2 rings (SSSR count). The second kappa shape index (κ2) is 5.77. The average molecular weight is 263 g/mol. The third-order valence-corrected chi connectivity index (χ3v) is 3.22. The Hall–Kier alpha value is -1.69. The van der Waals surface area contributed by atoms with Gasteiger partial charge in [0.15, 0.2) is 0 Å². The Kier molecular flexibility index (Phi) is 4.09. The number of nitrogens with zero attached hydrogens (tertiary/aromatic N) is 3. The summed E-state index contributed by atoms with van der Waals surface area (Å²) in [5, 5.41) is 7.57. The summed E-state index contributed by atoms with van der Waals surface area (Å²) < 4.78 is 0. The van der Waals surface area contributed by atoms with Crippen LogP contribution in [0.2, 0.25) is 0 Å². The lowest BCUT2D eigenvalue weighted by molar-refractivity contribution is 1.02. The van der Waals surface area contributed by atoms with Gasteiger partial charge in [-0.2, -0.15) is 0 Å². The molecule has 0 saturated heterocycles. The lowest BCUT2D eigenvalue weighted by atomic mass is 10.4. The van der Waals surface area contributed by atoms with Crippen LogP contribution in [0.3, 0.4) is 0 Å². The highest BCUT2D eigenvalue weighted by atomic mass is 32.1. The summed E-state index contributed by atoms with van der Waals surface area (Å²) in [7, 11) is 0. The molecule has 2 aromatic heterocycles. The minimum atomic E-state index is 0.744. The lowest BCUT2D eigenvalue weighted by Gasteiger charge is -2.08. The molecule has 0 aromatic carbocycles. The van der Waals surface area contributed by atoms with Gasteiger partial charge in [-0.1, -0.05) is 0 Å². The molecule has 0 aliphatic carbocycles. The second-order valence-corrected chi connectivity index (χ2v) is 5.23. The van der Waals surface area contributed by atoms with Gasteiger partial charge in [-0.25, -0.2) is 15.0 Å². The smallest absolute Gasteiger partial charge is 0.132 e. The highest BCUT2D eigenvalue weighted by Gasteiger charge is 2.02. The maximum absolute atomic E-state index is 4.36. The first-order valence-electron chi connectivity index (χ1n) is 5.92. The molecule has 0 radical (unpaired) electrons. The maximum Gasteiger partial charge on any atom is 0.132 e. The van der Waals surface area contributed by atoms with Crippen LogP contribution in [0.25, 0.3) is 0 Å². The first-order valence-corrected chi connectivity index (χ1v) is 6.73. The summed E-state index contributed by atoms with van der Waals surface area (Å²) in [5.41, 5.74) is 0. The van der Waals surface area contributed by atoms with Crippen LogP contribution in [0, 0.1) is 13.8 Å². The van der Waals surface area contributed by atoms with Gasteiger partial charge in [-0.05, 0) is 20.8 Å². The van der Waals surface area contributed by atoms with Crippen molar-refractivity contribution in [2.75, 3.05) is 17.2 Å². The third kappa shape index (κ3) is 3.40. The van der Waals surface area contributed by atoms with Crippen molar-refractivity contribution in [1.29, 1.82) is 0 Å². The Morgan fingerprint density at radius 1 is 1.17 bits per heavy atom. The van der Waals surface area contributed by atoms with Crippen molar-refractivity contribution in [3.63, 3.8) is 0 Å². The van der Waals surface area contributed by atoms with Gasteiger partial charge in [0.25, 0.3) is 0 Å². The Bertz CT molecular complexity index is 523. The van der Waals surface area contributed by atoms with Gasteiger partial charge in [0, 0.05) is 23.7 Å². The topological polar surface area (TPSA) is 62.7 Å². The molecule has 0 fully saturated rings. The molecule has 2 aromatic rings. The molecule has 6 heteroatoms. The second-order valence-electron chi connectivity index (χ2n) is 3.92. The molecular weight excluding hydrogens is 246 g/mol. The Labute approximate surface area is 111 Å². The largest absolute Gasteiger partial charge is 0.370 e. The van der Waals surface area contributed by atoms with Crippen LogP contribution in [0.15, 0.2) is 12.3 Å². The molecule has 0 amide bonds. The fourth-order valence-corrected chi connectivity index (χ4v) is 2.33. The van der Waals surface area contributed by atoms with Gasteiger partial charge < -0.3 is 10.6 Å². The molecule has 0 atom stereocenters. The first kappa shape index (κ1) is 12.8. The highest BCUT2D eigenvalue weighted by Crippen LogP contribution is 2.15. The Morgan fingerprint density at radius 2 is 1.89 bits per heavy atom. The molecule has 5 nitrogen and oxygen atoms in total. The minimum Gasteiger partial charge on any atom is -0.370 e. The number of hydrogen-bond acceptors (Lipinski definition) is 6. The molecule has 96 valence electrons. The summed E-state index contributed by atoms with van der Waals surface area (Å²) in [6.45, 7) is 7.54. The van der Waals surface area contributed by atoms with Crippen molar-refractivity contribution < 1.29 is 0 Å². The Morgan fingerprint density at radius 3 is 2.50 bits per heavy atom. The van der Waals surface area contributed by atoms with E-state index in [-0.39, 0.29) is 0 Å². The molecule has 2 N–H and O–H groups in total. The van der Waals surface area contributed by atoms with Gasteiger partial charge in [0.05, 0.1) is 11.6 Å². The van der Waals surface area contributed by atoms with Gasteiger partial charge in [0.2, 0.25) is 0 Å². The van der Waals surface area contributed by atoms with E-state index < -0.39 is 0 Å². The minimum absolute atomic E-state index is 0.744.